The average molecular weight is 423 g/mol. The van der Waals surface area contributed by atoms with Gasteiger partial charge in [-0.05, 0) is 30.3 Å². The highest BCUT2D eigenvalue weighted by molar-refractivity contribution is 5.88. The summed E-state index contributed by atoms with van der Waals surface area (Å²) in [6.45, 7) is 2.25. The molecule has 3 aromatic heterocycles. The van der Waals surface area contributed by atoms with Crippen LogP contribution in [0.25, 0.3) is 22.7 Å². The number of carboxylic acid groups (broad SMARTS) is 1. The molecule has 1 fully saturated rings. The van der Waals surface area contributed by atoms with Crippen LogP contribution in [0.15, 0.2) is 41.0 Å². The Bertz CT molecular complexity index is 1260. The fraction of sp³-hybridized carbons (Fsp3) is 0.200. The van der Waals surface area contributed by atoms with E-state index in [0.29, 0.717) is 60.6 Å². The maximum atomic E-state index is 14.4. The zero-order chi connectivity index (χ0) is 21.5. The minimum atomic E-state index is -1.15. The lowest BCUT2D eigenvalue weighted by atomic mass is 10.1. The molecule has 158 valence electrons. The van der Waals surface area contributed by atoms with Gasteiger partial charge in [0, 0.05) is 26.2 Å². The van der Waals surface area contributed by atoms with Gasteiger partial charge in [-0.25, -0.2) is 24.1 Å². The summed E-state index contributed by atoms with van der Waals surface area (Å²) in [5.74, 6) is 0.0278. The first kappa shape index (κ1) is 18.9. The first-order valence-corrected chi connectivity index (χ1v) is 9.59. The molecule has 0 saturated carbocycles. The zero-order valence-electron chi connectivity index (χ0n) is 16.2. The van der Waals surface area contributed by atoms with Crippen molar-refractivity contribution >= 4 is 34.6 Å². The molecule has 10 nitrogen and oxygen atoms in total. The summed E-state index contributed by atoms with van der Waals surface area (Å²) in [5.41, 5.74) is 7.36. The lowest BCUT2D eigenvalue weighted by molar-refractivity contribution is 0.0696. The van der Waals surface area contributed by atoms with Crippen molar-refractivity contribution in [2.75, 3.05) is 41.7 Å². The number of fused-ring (bicyclic) bond motifs is 1. The van der Waals surface area contributed by atoms with Crippen molar-refractivity contribution < 1.29 is 18.7 Å². The van der Waals surface area contributed by atoms with Crippen LogP contribution < -0.4 is 15.5 Å². The Hall–Kier alpha value is -4.15. The number of H-pyrrole nitrogens is 1. The average Bonchev–Trinajstić information content (AvgIpc) is 3.44. The van der Waals surface area contributed by atoms with Crippen LogP contribution in [0.5, 0.6) is 0 Å². The number of imidazole rings is 1. The van der Waals surface area contributed by atoms with Gasteiger partial charge in [-0.2, -0.15) is 0 Å². The monoisotopic (exact) mass is 423 g/mol. The van der Waals surface area contributed by atoms with E-state index in [1.54, 1.807) is 12.1 Å². The Morgan fingerprint density at radius 3 is 2.58 bits per heavy atom. The molecule has 4 N–H and O–H groups in total. The Kier molecular flexibility index (Phi) is 4.42. The molecular formula is C20H18FN7O3. The van der Waals surface area contributed by atoms with Crippen LogP contribution in [-0.4, -0.2) is 57.2 Å². The van der Waals surface area contributed by atoms with Gasteiger partial charge >= 0.3 is 5.97 Å². The number of aromatic carboxylic acids is 1. The van der Waals surface area contributed by atoms with Gasteiger partial charge in [0.05, 0.1) is 17.5 Å². The Labute approximate surface area is 175 Å². The van der Waals surface area contributed by atoms with Crippen molar-refractivity contribution in [3.63, 3.8) is 0 Å². The number of nitrogens with one attached hydrogen (secondary N) is 1. The van der Waals surface area contributed by atoms with Gasteiger partial charge < -0.3 is 30.0 Å². The molecule has 0 aliphatic carbocycles. The second-order valence-electron chi connectivity index (χ2n) is 7.11. The van der Waals surface area contributed by atoms with E-state index in [1.165, 1.54) is 18.4 Å². The number of carboxylic acids is 1. The third-order valence-corrected chi connectivity index (χ3v) is 5.21. The molecule has 4 aromatic rings. The van der Waals surface area contributed by atoms with Crippen LogP contribution in [0.4, 0.5) is 21.8 Å². The number of furan rings is 1. The van der Waals surface area contributed by atoms with Crippen LogP contribution in [0, 0.1) is 5.82 Å². The Morgan fingerprint density at radius 2 is 1.90 bits per heavy atom. The molecule has 31 heavy (non-hydrogen) atoms. The molecule has 1 aromatic carbocycles. The summed E-state index contributed by atoms with van der Waals surface area (Å²) >= 11 is 0. The van der Waals surface area contributed by atoms with Gasteiger partial charge in [-0.15, -0.1) is 0 Å². The van der Waals surface area contributed by atoms with E-state index in [0.717, 1.165) is 6.07 Å². The summed E-state index contributed by atoms with van der Waals surface area (Å²) in [5, 5.41) is 9.00. The lowest BCUT2D eigenvalue weighted by Crippen LogP contribution is -2.47. The highest BCUT2D eigenvalue weighted by Gasteiger charge is 2.23. The largest absolute Gasteiger partial charge is 0.478 e. The van der Waals surface area contributed by atoms with E-state index in [2.05, 4.69) is 19.9 Å². The van der Waals surface area contributed by atoms with Gasteiger partial charge in [-0.3, -0.25) is 0 Å². The Balaban J connectivity index is 1.35. The predicted molar refractivity (Wildman–Crippen MR) is 112 cm³/mol. The number of aromatic amines is 1. The topological polar surface area (TPSA) is 137 Å². The Morgan fingerprint density at radius 1 is 1.13 bits per heavy atom. The van der Waals surface area contributed by atoms with E-state index in [9.17, 15) is 9.18 Å². The summed E-state index contributed by atoms with van der Waals surface area (Å²) in [7, 11) is 0. The molecule has 0 radical (unpaired) electrons. The van der Waals surface area contributed by atoms with Crippen LogP contribution in [-0.2, 0) is 0 Å². The number of carbonyl (C=O) groups is 1. The molecule has 4 heterocycles. The molecule has 0 amide bonds. The van der Waals surface area contributed by atoms with Crippen LogP contribution in [0.3, 0.4) is 0 Å². The first-order valence-electron chi connectivity index (χ1n) is 9.59. The molecule has 1 aliphatic heterocycles. The van der Waals surface area contributed by atoms with Gasteiger partial charge in [0.2, 0.25) is 5.95 Å². The molecule has 0 spiro atoms. The third kappa shape index (κ3) is 3.39. The van der Waals surface area contributed by atoms with Crippen LogP contribution >= 0.6 is 0 Å². The molecule has 0 bridgehead atoms. The van der Waals surface area contributed by atoms with Crippen molar-refractivity contribution in [2.24, 2.45) is 0 Å². The van der Waals surface area contributed by atoms with E-state index in [-0.39, 0.29) is 11.4 Å². The normalized spacial score (nSPS) is 14.4. The number of nitrogens with zero attached hydrogens (tertiary/aromatic N) is 5. The number of hydrogen-bond donors (Lipinski definition) is 3. The van der Waals surface area contributed by atoms with E-state index >= 15 is 0 Å². The maximum Gasteiger partial charge on any atom is 0.335 e. The standard InChI is InChI=1S/C20H18FN7O3/c21-12-10-11(19(29)30)3-4-13(12)27-5-7-28(8-6-27)20-23-15-16(22)24-17(25-18(15)26-20)14-2-1-9-31-14/h1-4,9-10H,5-8H2,(H,29,30)(H3,22,23,24,25,26). The highest BCUT2D eigenvalue weighted by Crippen LogP contribution is 2.26. The second kappa shape index (κ2) is 7.27. The number of hydrogen-bond acceptors (Lipinski definition) is 8. The fourth-order valence-electron chi connectivity index (χ4n) is 3.63. The van der Waals surface area contributed by atoms with E-state index < -0.39 is 11.8 Å². The minimum absolute atomic E-state index is 0.0743. The van der Waals surface area contributed by atoms with Gasteiger partial charge in [0.15, 0.2) is 28.6 Å². The van der Waals surface area contributed by atoms with Crippen LogP contribution in [0.1, 0.15) is 10.4 Å². The molecule has 1 aliphatic rings. The van der Waals surface area contributed by atoms with Crippen molar-refractivity contribution in [2.45, 2.75) is 0 Å². The number of rotatable bonds is 4. The van der Waals surface area contributed by atoms with Crippen LogP contribution in [0.2, 0.25) is 0 Å². The number of anilines is 3. The van der Waals surface area contributed by atoms with Gasteiger partial charge in [0.25, 0.3) is 0 Å². The number of piperazine rings is 1. The SMILES string of the molecule is Nc1nc(-c2ccco2)nc2[nH]c(N3CCN(c4ccc(C(=O)O)cc4F)CC3)nc12. The predicted octanol–water partition coefficient (Wildman–Crippen LogP) is 2.36. The summed E-state index contributed by atoms with van der Waals surface area (Å²) in [6.07, 6.45) is 1.54. The first-order chi connectivity index (χ1) is 15.0. The van der Waals surface area contributed by atoms with Gasteiger partial charge in [0.1, 0.15) is 5.82 Å². The van der Waals surface area contributed by atoms with Gasteiger partial charge in [-0.1, -0.05) is 0 Å². The van der Waals surface area contributed by atoms with Crippen molar-refractivity contribution in [1.82, 2.24) is 19.9 Å². The fourth-order valence-corrected chi connectivity index (χ4v) is 3.63. The van der Waals surface area contributed by atoms with E-state index in [1.807, 2.05) is 9.80 Å². The number of nitrogens with two attached hydrogens (primary N) is 1. The molecule has 0 unspecified atom stereocenters. The number of benzene rings is 1. The summed E-state index contributed by atoms with van der Waals surface area (Å²) < 4.78 is 19.7. The molecule has 11 heteroatoms. The van der Waals surface area contributed by atoms with Crippen molar-refractivity contribution in [1.29, 1.82) is 0 Å². The maximum absolute atomic E-state index is 14.4. The summed E-state index contributed by atoms with van der Waals surface area (Å²) in [4.78, 5) is 31.3. The highest BCUT2D eigenvalue weighted by atomic mass is 19.1. The number of halogens is 1. The van der Waals surface area contributed by atoms with Crippen molar-refractivity contribution in [3.8, 4) is 11.6 Å². The van der Waals surface area contributed by atoms with Crippen molar-refractivity contribution in [3.05, 3.63) is 48.0 Å². The smallest absolute Gasteiger partial charge is 0.335 e. The summed E-state index contributed by atoms with van der Waals surface area (Å²) in [6, 6.07) is 7.45. The third-order valence-electron chi connectivity index (χ3n) is 5.21. The quantitative estimate of drug-likeness (QED) is 0.451. The molecule has 5 rings (SSSR count). The molecule has 0 atom stereocenters. The second-order valence-corrected chi connectivity index (χ2v) is 7.11. The lowest BCUT2D eigenvalue weighted by Gasteiger charge is -2.36. The minimum Gasteiger partial charge on any atom is -0.478 e. The number of aromatic nitrogens is 4. The van der Waals surface area contributed by atoms with E-state index in [4.69, 9.17) is 15.3 Å². The molecular weight excluding hydrogens is 405 g/mol. The number of nitrogen functional groups attached to an aromatic ring is 1. The molecule has 1 saturated heterocycles. The zero-order valence-corrected chi connectivity index (χ0v) is 16.2.